The average molecular weight is 516 g/mol. The summed E-state index contributed by atoms with van der Waals surface area (Å²) in [7, 11) is 0. The Morgan fingerprint density at radius 2 is 0.650 bits per heavy atom. The van der Waals surface area contributed by atoms with Crippen molar-refractivity contribution in [1.29, 1.82) is 0 Å². The maximum Gasteiger partial charge on any atom is 0.100 e. The van der Waals surface area contributed by atoms with E-state index >= 15 is 0 Å². The largest absolute Gasteiger partial charge is 0.310 e. The van der Waals surface area contributed by atoms with Crippen LogP contribution in [0.1, 0.15) is 0 Å². The molecule has 6 aromatic rings. The fourth-order valence-electron chi connectivity index (χ4n) is 5.91. The third-order valence-corrected chi connectivity index (χ3v) is 7.74. The summed E-state index contributed by atoms with van der Waals surface area (Å²) in [6.07, 6.45) is 19.1. The first kappa shape index (κ1) is 21.3. The van der Waals surface area contributed by atoms with Crippen LogP contribution in [0.25, 0.3) is 50.2 Å². The Hall–Kier alpha value is -5.69. The maximum absolute atomic E-state index is 4.65. The smallest absolute Gasteiger partial charge is 0.100 e. The Labute approximate surface area is 228 Å². The lowest BCUT2D eigenvalue weighted by molar-refractivity contribution is 0.562. The molecule has 0 atom stereocenters. The summed E-state index contributed by atoms with van der Waals surface area (Å²) in [4.78, 5) is 16.3. The van der Waals surface area contributed by atoms with Gasteiger partial charge in [-0.3, -0.25) is 13.7 Å². The molecule has 7 nitrogen and oxygen atoms in total. The molecule has 40 heavy (non-hydrogen) atoms. The van der Waals surface area contributed by atoms with Crippen molar-refractivity contribution in [2.75, 3.05) is 0 Å². The topological polar surface area (TPSA) is 56.7 Å². The number of benzene rings is 3. The van der Waals surface area contributed by atoms with Crippen molar-refractivity contribution in [2.45, 2.75) is 0 Å². The molecule has 3 aliphatic rings. The van der Waals surface area contributed by atoms with Gasteiger partial charge < -0.3 is 4.90 Å². The SMILES string of the molecule is C1=C2C=C(n3cnc4ccccc43)C=C3C=C(n4cnc5ccccc54)C=C(C=C1n1cnc4ccccc41)N23. The molecular weight excluding hydrogens is 494 g/mol. The van der Waals surface area contributed by atoms with Crippen molar-refractivity contribution >= 4 is 50.2 Å². The van der Waals surface area contributed by atoms with Crippen molar-refractivity contribution < 1.29 is 0 Å². The summed E-state index contributed by atoms with van der Waals surface area (Å²) < 4.78 is 6.47. The summed E-state index contributed by atoms with van der Waals surface area (Å²) in [5.74, 6) is 0. The Kier molecular flexibility index (Phi) is 4.20. The highest BCUT2D eigenvalue weighted by atomic mass is 15.2. The van der Waals surface area contributed by atoms with Crippen LogP contribution in [0.2, 0.25) is 0 Å². The van der Waals surface area contributed by atoms with Crippen LogP contribution in [-0.2, 0) is 0 Å². The van der Waals surface area contributed by atoms with Crippen LogP contribution in [0.15, 0.2) is 145 Å². The predicted molar refractivity (Wildman–Crippen MR) is 158 cm³/mol. The highest BCUT2D eigenvalue weighted by Gasteiger charge is 2.29. The molecule has 3 aromatic carbocycles. The molecule has 0 fully saturated rings. The number of rotatable bonds is 3. The third-order valence-electron chi connectivity index (χ3n) is 7.74. The lowest BCUT2D eigenvalue weighted by atomic mass is 10.00. The van der Waals surface area contributed by atoms with Gasteiger partial charge in [0.25, 0.3) is 0 Å². The van der Waals surface area contributed by atoms with Gasteiger partial charge in [0.05, 0.1) is 67.3 Å². The number of fused-ring (bicyclic) bond motifs is 3. The molecule has 9 rings (SSSR count). The molecule has 0 bridgehead atoms. The van der Waals surface area contributed by atoms with Gasteiger partial charge in [-0.25, -0.2) is 15.0 Å². The third kappa shape index (κ3) is 3.03. The maximum atomic E-state index is 4.65. The Balaban J connectivity index is 1.28. The Bertz CT molecular complexity index is 1970. The van der Waals surface area contributed by atoms with E-state index in [1.165, 1.54) is 0 Å². The number of hydrogen-bond acceptors (Lipinski definition) is 4. The summed E-state index contributed by atoms with van der Waals surface area (Å²) >= 11 is 0. The van der Waals surface area contributed by atoms with E-state index in [9.17, 15) is 0 Å². The van der Waals surface area contributed by atoms with E-state index in [1.807, 2.05) is 55.4 Å². The van der Waals surface area contributed by atoms with Crippen LogP contribution in [0.5, 0.6) is 0 Å². The number of hydrogen-bond donors (Lipinski definition) is 0. The molecule has 0 unspecified atom stereocenters. The molecule has 0 saturated carbocycles. The molecule has 0 radical (unpaired) electrons. The number of imidazole rings is 3. The molecule has 3 aromatic heterocycles. The van der Waals surface area contributed by atoms with Crippen LogP contribution in [0, 0.1) is 0 Å². The molecule has 0 N–H and O–H groups in total. The monoisotopic (exact) mass is 515 g/mol. The van der Waals surface area contributed by atoms with Gasteiger partial charge in [-0.1, -0.05) is 36.4 Å². The average Bonchev–Trinajstić information content (AvgIpc) is 3.73. The Morgan fingerprint density at radius 1 is 0.350 bits per heavy atom. The molecule has 0 spiro atoms. The van der Waals surface area contributed by atoms with Crippen molar-refractivity contribution in [1.82, 2.24) is 33.6 Å². The summed E-state index contributed by atoms with van der Waals surface area (Å²) in [6, 6.07) is 24.7. The molecule has 188 valence electrons. The number of nitrogens with zero attached hydrogens (tertiary/aromatic N) is 7. The minimum absolute atomic E-state index is 0.970. The molecule has 0 aliphatic carbocycles. The molecule has 3 aliphatic heterocycles. The lowest BCUT2D eigenvalue weighted by Crippen LogP contribution is -2.28. The highest BCUT2D eigenvalue weighted by Crippen LogP contribution is 2.41. The van der Waals surface area contributed by atoms with E-state index in [-0.39, 0.29) is 0 Å². The van der Waals surface area contributed by atoms with Gasteiger partial charge in [0.15, 0.2) is 0 Å². The van der Waals surface area contributed by atoms with E-state index in [0.29, 0.717) is 0 Å². The van der Waals surface area contributed by atoms with Crippen molar-refractivity contribution in [3.05, 3.63) is 145 Å². The van der Waals surface area contributed by atoms with Crippen LogP contribution < -0.4 is 0 Å². The van der Waals surface area contributed by atoms with Crippen LogP contribution in [0.3, 0.4) is 0 Å². The summed E-state index contributed by atoms with van der Waals surface area (Å²) in [5.41, 5.74) is 12.5. The van der Waals surface area contributed by atoms with Gasteiger partial charge in [0.2, 0.25) is 0 Å². The summed E-state index contributed by atoms with van der Waals surface area (Å²) in [6.45, 7) is 0. The van der Waals surface area contributed by atoms with E-state index in [2.05, 4.69) is 106 Å². The zero-order valence-electron chi connectivity index (χ0n) is 21.3. The first-order valence-electron chi connectivity index (χ1n) is 13.2. The van der Waals surface area contributed by atoms with Gasteiger partial charge in [-0.05, 0) is 72.9 Å². The summed E-state index contributed by atoms with van der Waals surface area (Å²) in [5, 5.41) is 0. The van der Waals surface area contributed by atoms with Gasteiger partial charge in [-0.15, -0.1) is 0 Å². The van der Waals surface area contributed by atoms with E-state index in [0.717, 1.165) is 67.3 Å². The van der Waals surface area contributed by atoms with E-state index in [4.69, 9.17) is 0 Å². The van der Waals surface area contributed by atoms with Crippen molar-refractivity contribution in [2.24, 2.45) is 0 Å². The van der Waals surface area contributed by atoms with E-state index < -0.39 is 0 Å². The van der Waals surface area contributed by atoms with E-state index in [1.54, 1.807) is 0 Å². The molecule has 0 amide bonds. The van der Waals surface area contributed by atoms with Gasteiger partial charge in [0, 0.05) is 0 Å². The van der Waals surface area contributed by atoms with Crippen LogP contribution >= 0.6 is 0 Å². The lowest BCUT2D eigenvalue weighted by Gasteiger charge is -2.37. The first-order valence-corrected chi connectivity index (χ1v) is 13.2. The normalized spacial score (nSPS) is 16.4. The fourth-order valence-corrected chi connectivity index (χ4v) is 5.91. The van der Waals surface area contributed by atoms with Gasteiger partial charge >= 0.3 is 0 Å². The second-order valence-electron chi connectivity index (χ2n) is 10.1. The standard InChI is InChI=1S/C33H21N7/c1-4-10-31-28(7-1)34-19-37(31)22-13-25-15-23(38-20-35-29-8-2-5-11-32(29)38)17-27-18-24(16-26(14-22)40(25)27)39-21-36-30-9-3-6-12-33(30)39/h1-21H. The zero-order chi connectivity index (χ0) is 26.2. The number of aromatic nitrogens is 6. The molecule has 7 heteroatoms. The molecular formula is C33H21N7. The quantitative estimate of drug-likeness (QED) is 0.265. The fraction of sp³-hybridized carbons (Fsp3) is 0. The van der Waals surface area contributed by atoms with Gasteiger partial charge in [-0.2, -0.15) is 0 Å². The Morgan fingerprint density at radius 3 is 1.00 bits per heavy atom. The van der Waals surface area contributed by atoms with Crippen LogP contribution in [-0.4, -0.2) is 33.6 Å². The minimum atomic E-state index is 0.970. The zero-order valence-corrected chi connectivity index (χ0v) is 21.3. The molecule has 6 heterocycles. The van der Waals surface area contributed by atoms with Gasteiger partial charge in [0.1, 0.15) is 19.0 Å². The second-order valence-corrected chi connectivity index (χ2v) is 10.1. The minimum Gasteiger partial charge on any atom is -0.310 e. The van der Waals surface area contributed by atoms with Crippen LogP contribution in [0.4, 0.5) is 0 Å². The second kappa shape index (κ2) is 7.91. The number of para-hydroxylation sites is 6. The highest BCUT2D eigenvalue weighted by molar-refractivity contribution is 5.88. The number of allylic oxidation sites excluding steroid dienone is 9. The van der Waals surface area contributed by atoms with Crippen molar-refractivity contribution in [3.8, 4) is 0 Å². The first-order chi connectivity index (χ1) is 19.8. The predicted octanol–water partition coefficient (Wildman–Crippen LogP) is 6.65. The van der Waals surface area contributed by atoms with Crippen molar-refractivity contribution in [3.63, 3.8) is 0 Å². The molecule has 0 saturated heterocycles.